The fourth-order valence-electron chi connectivity index (χ4n) is 0.206. The van der Waals surface area contributed by atoms with Crippen LogP contribution in [0.4, 0.5) is 0 Å². The molecule has 0 aromatic heterocycles. The number of hydrogen-bond acceptors (Lipinski definition) is 2. The van der Waals surface area contributed by atoms with Gasteiger partial charge in [0, 0.05) is 7.00 Å². The van der Waals surface area contributed by atoms with E-state index in [1.54, 1.807) is 0 Å². The summed E-state index contributed by atoms with van der Waals surface area (Å²) in [5.41, 5.74) is 4.78. The van der Waals surface area contributed by atoms with Crippen LogP contribution in [0.1, 0.15) is 8.35 Å². The van der Waals surface area contributed by atoms with E-state index in [4.69, 9.17) is 10.8 Å². The maximum Gasteiger partial charge on any atom is 0.246 e. The maximum atomic E-state index is 10.1. The first-order chi connectivity index (χ1) is 3.55. The number of carbonyl (C=O) groups is 1. The summed E-state index contributed by atoms with van der Waals surface area (Å²) in [6.07, 6.45) is -0.826. The molecule has 0 bridgehead atoms. The summed E-state index contributed by atoms with van der Waals surface area (Å²) in [5.74, 6) is -0.653. The molecular formula is C5H11NO2. The van der Waals surface area contributed by atoms with Crippen LogP contribution in [0.5, 0.6) is 0 Å². The number of aliphatic hydroxyl groups excluding tert-OH is 1. The molecule has 0 aromatic rings. The molecule has 1 atom stereocenters. The Morgan fingerprint density at radius 2 is 2.38 bits per heavy atom. The van der Waals surface area contributed by atoms with E-state index >= 15 is 0 Å². The molecule has 3 nitrogen and oxygen atoms in total. The topological polar surface area (TPSA) is 63.3 Å². The summed E-state index contributed by atoms with van der Waals surface area (Å²) >= 11 is 0. The number of amides is 1. The van der Waals surface area contributed by atoms with Crippen molar-refractivity contribution in [1.29, 1.82) is 0 Å². The van der Waals surface area contributed by atoms with Gasteiger partial charge in [0.1, 0.15) is 0 Å². The minimum Gasteiger partial charge on any atom is -0.389 e. The molecule has 0 aromatic carbocycles. The van der Waals surface area contributed by atoms with Crippen LogP contribution in [0, 0.1) is 0 Å². The quantitative estimate of drug-likeness (QED) is 0.486. The average Bonchev–Trinajstić information content (AvgIpc) is 1.64. The van der Waals surface area contributed by atoms with Gasteiger partial charge in [0.2, 0.25) is 5.91 Å². The predicted molar refractivity (Wildman–Crippen MR) is 32.1 cm³/mol. The molecule has 0 fully saturated rings. The highest BCUT2D eigenvalue weighted by Crippen LogP contribution is 1.94. The fourth-order valence-corrected chi connectivity index (χ4v) is 0.206. The van der Waals surface area contributed by atoms with Crippen LogP contribution in [0.15, 0.2) is 12.2 Å². The van der Waals surface area contributed by atoms with Crippen molar-refractivity contribution < 1.29 is 11.3 Å². The molecule has 0 heterocycles. The molecule has 0 saturated carbocycles. The van der Waals surface area contributed by atoms with E-state index in [9.17, 15) is 4.79 Å². The molecule has 1 unspecified atom stereocenters. The van der Waals surface area contributed by atoms with Gasteiger partial charge >= 0.3 is 0 Å². The largest absolute Gasteiger partial charge is 0.389 e. The van der Waals surface area contributed by atoms with Crippen molar-refractivity contribution in [2.45, 2.75) is 13.0 Å². The first kappa shape index (κ1) is 7.17. The Bertz CT molecular complexity index is 122. The van der Waals surface area contributed by atoms with Gasteiger partial charge in [-0.05, 0) is 6.92 Å². The molecule has 0 radical (unpaired) electrons. The van der Waals surface area contributed by atoms with Crippen molar-refractivity contribution in [3.63, 3.8) is 0 Å². The number of primary amides is 1. The number of nitrogens with two attached hydrogens (primary N) is 1. The standard InChI is InChI=1S/C5H9NO2.H2/c1-3(4(2)7)5(6)8;/h4,7H,1H2,2H3,(H2,6,8);1H. The van der Waals surface area contributed by atoms with Gasteiger partial charge in [-0.2, -0.15) is 0 Å². The smallest absolute Gasteiger partial charge is 0.246 e. The van der Waals surface area contributed by atoms with Crippen LogP contribution in [0.3, 0.4) is 0 Å². The van der Waals surface area contributed by atoms with Crippen molar-refractivity contribution in [2.75, 3.05) is 0 Å². The zero-order valence-corrected chi connectivity index (χ0v) is 4.72. The number of aliphatic hydroxyl groups is 1. The Morgan fingerprint density at radius 3 is 2.38 bits per heavy atom. The third kappa shape index (κ3) is 1.75. The van der Waals surface area contributed by atoms with E-state index in [-0.39, 0.29) is 7.00 Å². The minimum atomic E-state index is -0.826. The Balaban J connectivity index is 0. The second kappa shape index (κ2) is 2.47. The summed E-state index contributed by atoms with van der Waals surface area (Å²) in [7, 11) is 0. The minimum absolute atomic E-state index is 0. The Hall–Kier alpha value is -0.830. The lowest BCUT2D eigenvalue weighted by molar-refractivity contribution is -0.115. The van der Waals surface area contributed by atoms with E-state index in [0.717, 1.165) is 0 Å². The summed E-state index contributed by atoms with van der Waals surface area (Å²) in [6, 6.07) is 0. The molecule has 0 aliphatic rings. The predicted octanol–water partition coefficient (Wildman–Crippen LogP) is -0.345. The highest BCUT2D eigenvalue weighted by molar-refractivity contribution is 5.92. The van der Waals surface area contributed by atoms with Gasteiger partial charge in [-0.1, -0.05) is 6.58 Å². The highest BCUT2D eigenvalue weighted by atomic mass is 16.3. The highest BCUT2D eigenvalue weighted by Gasteiger charge is 2.05. The second-order valence-corrected chi connectivity index (χ2v) is 1.57. The molecule has 0 aliphatic carbocycles. The molecule has 8 heavy (non-hydrogen) atoms. The Kier molecular flexibility index (Phi) is 2.21. The zero-order chi connectivity index (χ0) is 6.73. The lowest BCUT2D eigenvalue weighted by Crippen LogP contribution is -2.20. The first-order valence-electron chi connectivity index (χ1n) is 2.22. The number of carbonyl (C=O) groups excluding carboxylic acids is 1. The van der Waals surface area contributed by atoms with Crippen LogP contribution in [-0.4, -0.2) is 17.1 Å². The van der Waals surface area contributed by atoms with Gasteiger partial charge < -0.3 is 10.8 Å². The van der Waals surface area contributed by atoms with Crippen LogP contribution in [-0.2, 0) is 4.79 Å². The Morgan fingerprint density at radius 1 is 2.00 bits per heavy atom. The van der Waals surface area contributed by atoms with E-state index < -0.39 is 12.0 Å². The Labute approximate surface area is 49.3 Å². The molecular weight excluding hydrogens is 106 g/mol. The molecule has 1 amide bonds. The molecule has 0 spiro atoms. The van der Waals surface area contributed by atoms with Gasteiger partial charge in [-0.15, -0.1) is 0 Å². The third-order valence-corrected chi connectivity index (χ3v) is 0.821. The molecule has 0 aliphatic heterocycles. The zero-order valence-electron chi connectivity index (χ0n) is 4.72. The number of hydrogen-bond donors (Lipinski definition) is 2. The summed E-state index contributed by atoms with van der Waals surface area (Å²) in [4.78, 5) is 10.1. The molecule has 0 rings (SSSR count). The SMILES string of the molecule is C=C(C(N)=O)C(C)O.[HH]. The van der Waals surface area contributed by atoms with Crippen LogP contribution in [0.2, 0.25) is 0 Å². The van der Waals surface area contributed by atoms with Gasteiger partial charge in [0.25, 0.3) is 0 Å². The second-order valence-electron chi connectivity index (χ2n) is 1.57. The van der Waals surface area contributed by atoms with E-state index in [2.05, 4.69) is 6.58 Å². The van der Waals surface area contributed by atoms with Crippen LogP contribution in [0.25, 0.3) is 0 Å². The molecule has 0 saturated heterocycles. The molecule has 3 N–H and O–H groups in total. The van der Waals surface area contributed by atoms with Gasteiger partial charge in [0.05, 0.1) is 6.10 Å². The van der Waals surface area contributed by atoms with E-state index in [0.29, 0.717) is 0 Å². The van der Waals surface area contributed by atoms with Crippen molar-refractivity contribution >= 4 is 5.91 Å². The number of rotatable bonds is 2. The van der Waals surface area contributed by atoms with Crippen molar-refractivity contribution in [3.05, 3.63) is 12.2 Å². The van der Waals surface area contributed by atoms with Crippen LogP contribution < -0.4 is 5.73 Å². The maximum absolute atomic E-state index is 10.1. The summed E-state index contributed by atoms with van der Waals surface area (Å²) < 4.78 is 0. The fraction of sp³-hybridized carbons (Fsp3) is 0.400. The van der Waals surface area contributed by atoms with E-state index in [1.807, 2.05) is 0 Å². The lowest BCUT2D eigenvalue weighted by Gasteiger charge is -2.00. The van der Waals surface area contributed by atoms with Gasteiger partial charge in [-0.25, -0.2) is 0 Å². The normalized spacial score (nSPS) is 12.8. The lowest BCUT2D eigenvalue weighted by atomic mass is 10.2. The van der Waals surface area contributed by atoms with Crippen molar-refractivity contribution in [1.82, 2.24) is 0 Å². The average molecular weight is 117 g/mol. The summed E-state index contributed by atoms with van der Waals surface area (Å²) in [6.45, 7) is 4.67. The van der Waals surface area contributed by atoms with Crippen molar-refractivity contribution in [2.24, 2.45) is 5.73 Å². The molecule has 3 heteroatoms. The van der Waals surface area contributed by atoms with Crippen LogP contribution >= 0.6 is 0 Å². The summed E-state index contributed by atoms with van der Waals surface area (Å²) in [5, 5.41) is 8.59. The first-order valence-corrected chi connectivity index (χ1v) is 2.22. The van der Waals surface area contributed by atoms with Crippen molar-refractivity contribution in [3.8, 4) is 0 Å². The monoisotopic (exact) mass is 117 g/mol. The van der Waals surface area contributed by atoms with E-state index in [1.165, 1.54) is 6.92 Å². The molecule has 48 valence electrons. The van der Waals surface area contributed by atoms with Gasteiger partial charge in [0.15, 0.2) is 0 Å². The third-order valence-electron chi connectivity index (χ3n) is 0.821. The van der Waals surface area contributed by atoms with Gasteiger partial charge in [-0.3, -0.25) is 4.79 Å².